The van der Waals surface area contributed by atoms with Crippen molar-refractivity contribution < 1.29 is 0 Å². The largest absolute Gasteiger partial charge is 0.371 e. The van der Waals surface area contributed by atoms with Crippen LogP contribution in [0.2, 0.25) is 0 Å². The standard InChI is InChI=1S/C13H14N2S/c1-9-6-14-13-11(8-16)10-4-2-3-5-12(10)15(13)7-9/h2-5,8-9,14H,6-7H2,1H3/t9-/m0/s1. The summed E-state index contributed by atoms with van der Waals surface area (Å²) in [4.78, 5) is 0. The molecule has 3 heteroatoms. The molecule has 1 N–H and O–H groups in total. The molecule has 0 saturated heterocycles. The molecule has 2 nitrogen and oxygen atoms in total. The van der Waals surface area contributed by atoms with Gasteiger partial charge in [-0.2, -0.15) is 0 Å². The van der Waals surface area contributed by atoms with Crippen molar-refractivity contribution in [3.8, 4) is 0 Å². The number of thiocarbonyl (C=S) groups is 1. The van der Waals surface area contributed by atoms with E-state index in [9.17, 15) is 0 Å². The second-order valence-corrected chi connectivity index (χ2v) is 4.73. The number of aromatic nitrogens is 1. The zero-order chi connectivity index (χ0) is 11.1. The highest BCUT2D eigenvalue weighted by Crippen LogP contribution is 2.32. The Labute approximate surface area is 100 Å². The summed E-state index contributed by atoms with van der Waals surface area (Å²) in [5, 5.41) is 6.53. The minimum atomic E-state index is 0.668. The van der Waals surface area contributed by atoms with Gasteiger partial charge in [-0.05, 0) is 12.0 Å². The zero-order valence-corrected chi connectivity index (χ0v) is 10.1. The monoisotopic (exact) mass is 230 g/mol. The molecule has 1 aliphatic heterocycles. The van der Waals surface area contributed by atoms with Gasteiger partial charge in [0, 0.05) is 29.4 Å². The Bertz CT molecular complexity index is 556. The summed E-state index contributed by atoms with van der Waals surface area (Å²) >= 11 is 5.14. The SMILES string of the molecule is C[C@H]1CNc2c(C=S)c3ccccc3n2C1. The number of anilines is 1. The molecular formula is C13H14N2S. The van der Waals surface area contributed by atoms with Crippen molar-refractivity contribution >= 4 is 34.3 Å². The summed E-state index contributed by atoms with van der Waals surface area (Å²) in [5.74, 6) is 1.86. The van der Waals surface area contributed by atoms with Gasteiger partial charge in [-0.25, -0.2) is 0 Å². The van der Waals surface area contributed by atoms with Crippen LogP contribution < -0.4 is 5.32 Å². The lowest BCUT2D eigenvalue weighted by molar-refractivity contribution is 0.489. The highest BCUT2D eigenvalue weighted by molar-refractivity contribution is 7.79. The lowest BCUT2D eigenvalue weighted by atomic mass is 10.1. The lowest BCUT2D eigenvalue weighted by Crippen LogP contribution is -2.25. The summed E-state index contributed by atoms with van der Waals surface area (Å²) in [7, 11) is 0. The molecule has 0 radical (unpaired) electrons. The van der Waals surface area contributed by atoms with Gasteiger partial charge in [-0.15, -0.1) is 0 Å². The van der Waals surface area contributed by atoms with E-state index in [0.717, 1.165) is 18.7 Å². The molecular weight excluding hydrogens is 216 g/mol. The van der Waals surface area contributed by atoms with Crippen LogP contribution in [0.1, 0.15) is 12.5 Å². The molecule has 82 valence electrons. The molecule has 0 unspecified atom stereocenters. The Morgan fingerprint density at radius 2 is 2.25 bits per heavy atom. The number of hydrogen-bond donors (Lipinski definition) is 1. The molecule has 1 aromatic heterocycles. The molecule has 3 rings (SSSR count). The van der Waals surface area contributed by atoms with Gasteiger partial charge in [-0.1, -0.05) is 37.3 Å². The van der Waals surface area contributed by atoms with Gasteiger partial charge in [0.25, 0.3) is 0 Å². The number of para-hydroxylation sites is 1. The number of fused-ring (bicyclic) bond motifs is 3. The summed E-state index contributed by atoms with van der Waals surface area (Å²) in [6.45, 7) is 4.38. The van der Waals surface area contributed by atoms with Gasteiger partial charge in [0.2, 0.25) is 0 Å². The van der Waals surface area contributed by atoms with Gasteiger partial charge in [0.15, 0.2) is 0 Å². The molecule has 2 heterocycles. The average Bonchev–Trinajstić information content (AvgIpc) is 2.62. The third-order valence-electron chi connectivity index (χ3n) is 3.24. The molecule has 0 amide bonds. The summed E-state index contributed by atoms with van der Waals surface area (Å²) in [6.07, 6.45) is 0. The van der Waals surface area contributed by atoms with Crippen LogP contribution in [-0.4, -0.2) is 16.5 Å². The van der Waals surface area contributed by atoms with Crippen LogP contribution in [-0.2, 0) is 6.54 Å². The minimum absolute atomic E-state index is 0.668. The first-order chi connectivity index (χ1) is 7.81. The average molecular weight is 230 g/mol. The smallest absolute Gasteiger partial charge is 0.115 e. The van der Waals surface area contributed by atoms with E-state index in [2.05, 4.69) is 41.1 Å². The van der Waals surface area contributed by atoms with Gasteiger partial charge in [0.1, 0.15) is 5.82 Å². The van der Waals surface area contributed by atoms with Crippen LogP contribution in [0.15, 0.2) is 24.3 Å². The third kappa shape index (κ3) is 1.28. The second kappa shape index (κ2) is 3.59. The Kier molecular flexibility index (Phi) is 2.21. The molecule has 0 spiro atoms. The quantitative estimate of drug-likeness (QED) is 0.758. The highest BCUT2D eigenvalue weighted by atomic mass is 32.1. The van der Waals surface area contributed by atoms with E-state index in [1.54, 1.807) is 5.37 Å². The predicted octanol–water partition coefficient (Wildman–Crippen LogP) is 3.05. The van der Waals surface area contributed by atoms with Crippen LogP contribution in [0.3, 0.4) is 0 Å². The normalized spacial score (nSPS) is 19.2. The molecule has 1 atom stereocenters. The fraction of sp³-hybridized carbons (Fsp3) is 0.308. The number of rotatable bonds is 1. The van der Waals surface area contributed by atoms with Gasteiger partial charge >= 0.3 is 0 Å². The molecule has 16 heavy (non-hydrogen) atoms. The summed E-state index contributed by atoms with van der Waals surface area (Å²) in [6, 6.07) is 8.47. The Balaban J connectivity index is 2.35. The second-order valence-electron chi connectivity index (χ2n) is 4.49. The van der Waals surface area contributed by atoms with Crippen LogP contribution >= 0.6 is 12.2 Å². The molecule has 0 bridgehead atoms. The maximum Gasteiger partial charge on any atom is 0.115 e. The van der Waals surface area contributed by atoms with Crippen molar-refractivity contribution in [3.05, 3.63) is 29.8 Å². The maximum absolute atomic E-state index is 5.14. The zero-order valence-electron chi connectivity index (χ0n) is 9.23. The van der Waals surface area contributed by atoms with E-state index in [1.165, 1.54) is 16.7 Å². The minimum Gasteiger partial charge on any atom is -0.371 e. The van der Waals surface area contributed by atoms with Crippen molar-refractivity contribution in [1.82, 2.24) is 4.57 Å². The Morgan fingerprint density at radius 3 is 3.06 bits per heavy atom. The van der Waals surface area contributed by atoms with E-state index >= 15 is 0 Å². The van der Waals surface area contributed by atoms with Crippen molar-refractivity contribution in [3.63, 3.8) is 0 Å². The van der Waals surface area contributed by atoms with Crippen LogP contribution in [0.5, 0.6) is 0 Å². The van der Waals surface area contributed by atoms with Crippen molar-refractivity contribution in [1.29, 1.82) is 0 Å². The topological polar surface area (TPSA) is 17.0 Å². The lowest BCUT2D eigenvalue weighted by Gasteiger charge is -2.24. The first-order valence-electron chi connectivity index (χ1n) is 5.61. The first kappa shape index (κ1) is 9.85. The number of nitrogens with one attached hydrogen (secondary N) is 1. The fourth-order valence-electron chi connectivity index (χ4n) is 2.48. The van der Waals surface area contributed by atoms with Gasteiger partial charge in [0.05, 0.1) is 5.52 Å². The molecule has 0 saturated carbocycles. The number of hydrogen-bond acceptors (Lipinski definition) is 2. The fourth-order valence-corrected chi connectivity index (χ4v) is 2.72. The molecule has 2 aromatic rings. The first-order valence-corrected chi connectivity index (χ1v) is 6.08. The number of nitrogens with zero attached hydrogens (tertiary/aromatic N) is 1. The van der Waals surface area contributed by atoms with Crippen LogP contribution in [0, 0.1) is 5.92 Å². The van der Waals surface area contributed by atoms with Crippen LogP contribution in [0.4, 0.5) is 5.82 Å². The molecule has 1 aromatic carbocycles. The molecule has 1 aliphatic rings. The summed E-state index contributed by atoms with van der Waals surface area (Å²) in [5.41, 5.74) is 2.45. The maximum atomic E-state index is 5.14. The van der Waals surface area contributed by atoms with E-state index in [1.807, 2.05) is 0 Å². The van der Waals surface area contributed by atoms with E-state index < -0.39 is 0 Å². The van der Waals surface area contributed by atoms with Gasteiger partial charge in [-0.3, -0.25) is 0 Å². The van der Waals surface area contributed by atoms with Crippen molar-refractivity contribution in [2.45, 2.75) is 13.5 Å². The van der Waals surface area contributed by atoms with E-state index in [4.69, 9.17) is 12.2 Å². The highest BCUT2D eigenvalue weighted by Gasteiger charge is 2.20. The van der Waals surface area contributed by atoms with Crippen LogP contribution in [0.25, 0.3) is 10.9 Å². The third-order valence-corrected chi connectivity index (χ3v) is 3.48. The van der Waals surface area contributed by atoms with Crippen molar-refractivity contribution in [2.24, 2.45) is 5.92 Å². The van der Waals surface area contributed by atoms with E-state index in [0.29, 0.717) is 5.92 Å². The summed E-state index contributed by atoms with van der Waals surface area (Å²) < 4.78 is 2.35. The number of benzene rings is 1. The predicted molar refractivity (Wildman–Crippen MR) is 72.3 cm³/mol. The Morgan fingerprint density at radius 1 is 1.44 bits per heavy atom. The molecule has 0 fully saturated rings. The van der Waals surface area contributed by atoms with E-state index in [-0.39, 0.29) is 0 Å². The Hall–Kier alpha value is -1.35. The van der Waals surface area contributed by atoms with Gasteiger partial charge < -0.3 is 9.88 Å². The van der Waals surface area contributed by atoms with Crippen molar-refractivity contribution in [2.75, 3.05) is 11.9 Å². The molecule has 0 aliphatic carbocycles.